The van der Waals surface area contributed by atoms with Crippen molar-refractivity contribution in [2.24, 2.45) is 5.41 Å². The lowest BCUT2D eigenvalue weighted by Gasteiger charge is -2.40. The lowest BCUT2D eigenvalue weighted by atomic mass is 9.77. The van der Waals surface area contributed by atoms with Gasteiger partial charge in [0.1, 0.15) is 5.82 Å². The van der Waals surface area contributed by atoms with Crippen LogP contribution in [0, 0.1) is 5.41 Å². The number of anilines is 2. The maximum atomic E-state index is 13.3. The van der Waals surface area contributed by atoms with Crippen LogP contribution in [-0.2, 0) is 9.53 Å². The number of ether oxygens (including phenoxy) is 1. The van der Waals surface area contributed by atoms with Gasteiger partial charge in [0.2, 0.25) is 5.91 Å². The first kappa shape index (κ1) is 19.9. The maximum Gasteiger partial charge on any atom is 0.411 e. The van der Waals surface area contributed by atoms with Gasteiger partial charge < -0.3 is 19.6 Å². The summed E-state index contributed by atoms with van der Waals surface area (Å²) < 4.78 is 4.59. The normalized spacial score (nSPS) is 26.6. The molecular formula is C21H30N4O4. The van der Waals surface area contributed by atoms with E-state index in [-0.39, 0.29) is 11.5 Å². The summed E-state index contributed by atoms with van der Waals surface area (Å²) in [5.41, 5.74) is 0.368. The molecule has 1 aromatic rings. The molecule has 1 saturated carbocycles. The zero-order chi connectivity index (χ0) is 20.4. The van der Waals surface area contributed by atoms with Gasteiger partial charge in [0, 0.05) is 25.7 Å². The Bertz CT molecular complexity index is 738. The van der Waals surface area contributed by atoms with Gasteiger partial charge >= 0.3 is 6.09 Å². The Morgan fingerprint density at radius 3 is 2.48 bits per heavy atom. The number of hydrogen-bond acceptors (Lipinski definition) is 6. The number of amides is 2. The van der Waals surface area contributed by atoms with E-state index in [0.717, 1.165) is 70.4 Å². The Morgan fingerprint density at radius 1 is 1.17 bits per heavy atom. The highest BCUT2D eigenvalue weighted by Gasteiger charge is 2.50. The summed E-state index contributed by atoms with van der Waals surface area (Å²) in [6.45, 7) is 2.46. The largest absolute Gasteiger partial charge is 0.453 e. The van der Waals surface area contributed by atoms with Crippen molar-refractivity contribution < 1.29 is 19.4 Å². The molecule has 3 heterocycles. The van der Waals surface area contributed by atoms with E-state index in [9.17, 15) is 14.7 Å². The second-order valence-corrected chi connectivity index (χ2v) is 8.50. The van der Waals surface area contributed by atoms with Gasteiger partial charge in [0.25, 0.3) is 0 Å². The van der Waals surface area contributed by atoms with Crippen LogP contribution in [0.2, 0.25) is 0 Å². The van der Waals surface area contributed by atoms with Crippen molar-refractivity contribution in [3.05, 3.63) is 18.3 Å². The van der Waals surface area contributed by atoms with E-state index in [4.69, 9.17) is 0 Å². The number of aliphatic hydroxyl groups is 1. The van der Waals surface area contributed by atoms with Gasteiger partial charge in [-0.2, -0.15) is 0 Å². The molecule has 0 bridgehead atoms. The van der Waals surface area contributed by atoms with Gasteiger partial charge in [0.05, 0.1) is 30.5 Å². The van der Waals surface area contributed by atoms with E-state index in [1.54, 1.807) is 6.20 Å². The second kappa shape index (κ2) is 8.18. The van der Waals surface area contributed by atoms with E-state index in [1.165, 1.54) is 7.11 Å². The highest BCUT2D eigenvalue weighted by molar-refractivity contribution is 5.86. The maximum absolute atomic E-state index is 13.3. The average Bonchev–Trinajstić information content (AvgIpc) is 3.06. The van der Waals surface area contributed by atoms with Crippen molar-refractivity contribution in [1.29, 1.82) is 0 Å². The molecule has 3 aliphatic rings. The molecule has 2 amide bonds. The smallest absolute Gasteiger partial charge is 0.411 e. The van der Waals surface area contributed by atoms with E-state index in [0.29, 0.717) is 17.6 Å². The summed E-state index contributed by atoms with van der Waals surface area (Å²) in [5, 5.41) is 12.3. The Morgan fingerprint density at radius 2 is 1.86 bits per heavy atom. The molecule has 2 saturated heterocycles. The Hall–Kier alpha value is -2.35. The number of carbonyl (C=O) groups excluding carboxylic acids is 2. The molecule has 0 radical (unpaired) electrons. The van der Waals surface area contributed by atoms with Crippen molar-refractivity contribution in [3.8, 4) is 0 Å². The minimum atomic E-state index is -0.517. The number of carbonyl (C=O) groups is 2. The minimum Gasteiger partial charge on any atom is -0.453 e. The third-order valence-electron chi connectivity index (χ3n) is 6.88. The zero-order valence-corrected chi connectivity index (χ0v) is 17.0. The summed E-state index contributed by atoms with van der Waals surface area (Å²) in [7, 11) is 1.32. The van der Waals surface area contributed by atoms with Crippen LogP contribution >= 0.6 is 0 Å². The quantitative estimate of drug-likeness (QED) is 0.806. The van der Waals surface area contributed by atoms with Crippen molar-refractivity contribution >= 4 is 23.5 Å². The van der Waals surface area contributed by atoms with E-state index < -0.39 is 6.09 Å². The number of rotatable bonds is 3. The van der Waals surface area contributed by atoms with Crippen LogP contribution in [0.3, 0.4) is 0 Å². The van der Waals surface area contributed by atoms with Crippen LogP contribution in [0.15, 0.2) is 18.3 Å². The van der Waals surface area contributed by atoms with Gasteiger partial charge in [-0.3, -0.25) is 10.1 Å². The first-order valence-corrected chi connectivity index (χ1v) is 10.6. The number of aromatic nitrogens is 1. The molecule has 8 nitrogen and oxygen atoms in total. The summed E-state index contributed by atoms with van der Waals surface area (Å²) in [4.78, 5) is 33.3. The summed E-state index contributed by atoms with van der Waals surface area (Å²) >= 11 is 0. The molecular weight excluding hydrogens is 372 g/mol. The van der Waals surface area contributed by atoms with Crippen molar-refractivity contribution in [2.75, 3.05) is 37.0 Å². The van der Waals surface area contributed by atoms with Gasteiger partial charge in [0.15, 0.2) is 0 Å². The SMILES string of the molecule is COC(=O)Nc1ccc(N2CCC3(CC2)CCN(C2CCC(O)CC2)C3=O)nc1. The number of piperidine rings is 1. The van der Waals surface area contributed by atoms with Gasteiger partial charge in [-0.1, -0.05) is 0 Å². The Balaban J connectivity index is 1.34. The third-order valence-corrected chi connectivity index (χ3v) is 6.88. The third kappa shape index (κ3) is 4.03. The molecule has 1 spiro atoms. The van der Waals surface area contributed by atoms with Crippen molar-refractivity contribution in [2.45, 2.75) is 57.1 Å². The standard InChI is InChI=1S/C21H30N4O4/c1-29-20(28)23-15-2-7-18(22-14-15)24-11-8-21(9-12-24)10-13-25(19(21)27)16-3-5-17(26)6-4-16/h2,7,14,16-17,26H,3-6,8-13H2,1H3,(H,23,28). The lowest BCUT2D eigenvalue weighted by Crippen LogP contribution is -2.47. The lowest BCUT2D eigenvalue weighted by molar-refractivity contribution is -0.139. The molecule has 158 valence electrons. The van der Waals surface area contributed by atoms with Gasteiger partial charge in [-0.15, -0.1) is 0 Å². The van der Waals surface area contributed by atoms with Crippen LogP contribution in [0.4, 0.5) is 16.3 Å². The fraction of sp³-hybridized carbons (Fsp3) is 0.667. The average molecular weight is 402 g/mol. The van der Waals surface area contributed by atoms with E-state index in [1.807, 2.05) is 12.1 Å². The number of pyridine rings is 1. The van der Waals surface area contributed by atoms with Crippen LogP contribution in [0.1, 0.15) is 44.9 Å². The monoisotopic (exact) mass is 402 g/mol. The van der Waals surface area contributed by atoms with Crippen LogP contribution in [-0.4, -0.2) is 65.9 Å². The zero-order valence-electron chi connectivity index (χ0n) is 17.0. The fourth-order valence-corrected chi connectivity index (χ4v) is 5.01. The molecule has 3 fully saturated rings. The number of nitrogens with one attached hydrogen (secondary N) is 1. The number of likely N-dealkylation sites (tertiary alicyclic amines) is 1. The summed E-state index contributed by atoms with van der Waals surface area (Å²) in [6.07, 6.45) is 7.01. The minimum absolute atomic E-state index is 0.192. The predicted octanol–water partition coefficient (Wildman–Crippen LogP) is 2.38. The van der Waals surface area contributed by atoms with Gasteiger partial charge in [-0.25, -0.2) is 9.78 Å². The van der Waals surface area contributed by atoms with Crippen molar-refractivity contribution in [3.63, 3.8) is 0 Å². The first-order valence-electron chi connectivity index (χ1n) is 10.6. The second-order valence-electron chi connectivity index (χ2n) is 8.50. The van der Waals surface area contributed by atoms with E-state index in [2.05, 4.69) is 24.8 Å². The molecule has 4 rings (SSSR count). The molecule has 0 atom stereocenters. The van der Waals surface area contributed by atoms with Crippen LogP contribution < -0.4 is 10.2 Å². The molecule has 0 aromatic carbocycles. The number of aliphatic hydroxyl groups excluding tert-OH is 1. The molecule has 8 heteroatoms. The van der Waals surface area contributed by atoms with Crippen LogP contribution in [0.5, 0.6) is 0 Å². The highest BCUT2D eigenvalue weighted by atomic mass is 16.5. The molecule has 1 aliphatic carbocycles. The summed E-state index contributed by atoms with van der Waals surface area (Å²) in [6, 6.07) is 4.00. The molecule has 0 unspecified atom stereocenters. The Labute approximate surface area is 171 Å². The summed E-state index contributed by atoms with van der Waals surface area (Å²) in [5.74, 6) is 1.18. The highest BCUT2D eigenvalue weighted by Crippen LogP contribution is 2.44. The molecule has 1 aromatic heterocycles. The molecule has 29 heavy (non-hydrogen) atoms. The van der Waals surface area contributed by atoms with E-state index >= 15 is 0 Å². The number of methoxy groups -OCH3 is 1. The van der Waals surface area contributed by atoms with Gasteiger partial charge in [-0.05, 0) is 57.1 Å². The number of nitrogens with zero attached hydrogens (tertiary/aromatic N) is 3. The topological polar surface area (TPSA) is 95.0 Å². The molecule has 2 aliphatic heterocycles. The first-order chi connectivity index (χ1) is 14.0. The Kier molecular flexibility index (Phi) is 5.63. The fourth-order valence-electron chi connectivity index (χ4n) is 5.01. The van der Waals surface area contributed by atoms with Crippen LogP contribution in [0.25, 0.3) is 0 Å². The number of hydrogen-bond donors (Lipinski definition) is 2. The van der Waals surface area contributed by atoms with Crippen molar-refractivity contribution in [1.82, 2.24) is 9.88 Å². The predicted molar refractivity (Wildman–Crippen MR) is 109 cm³/mol. The molecule has 2 N–H and O–H groups in total.